The van der Waals surface area contributed by atoms with Crippen molar-refractivity contribution in [1.29, 1.82) is 0 Å². The van der Waals surface area contributed by atoms with Crippen molar-refractivity contribution in [3.05, 3.63) is 34.8 Å². The van der Waals surface area contributed by atoms with E-state index < -0.39 is 11.7 Å². The molecule has 0 saturated carbocycles. The van der Waals surface area contributed by atoms with Gasteiger partial charge in [0.05, 0.1) is 5.52 Å². The van der Waals surface area contributed by atoms with Crippen LogP contribution < -0.4 is 11.1 Å². The number of aromatic nitrogens is 1. The second-order valence-electron chi connectivity index (χ2n) is 4.27. The predicted molar refractivity (Wildman–Crippen MR) is 70.4 cm³/mol. The number of amides is 1. The van der Waals surface area contributed by atoms with Crippen molar-refractivity contribution >= 4 is 23.0 Å². The molecular formula is C13H14N2O5. The summed E-state index contributed by atoms with van der Waals surface area (Å²) >= 11 is 0. The molecule has 2 N–H and O–H groups in total. The molecule has 0 radical (unpaired) electrons. The molecule has 20 heavy (non-hydrogen) atoms. The zero-order chi connectivity index (χ0) is 14.5. The van der Waals surface area contributed by atoms with Gasteiger partial charge in [-0.25, -0.2) is 4.79 Å². The lowest BCUT2D eigenvalue weighted by Gasteiger charge is -2.04. The van der Waals surface area contributed by atoms with E-state index in [9.17, 15) is 14.4 Å². The summed E-state index contributed by atoms with van der Waals surface area (Å²) in [5.41, 5.74) is 0.981. The Bertz CT molecular complexity index is 685. The highest BCUT2D eigenvalue weighted by Gasteiger charge is 2.11. The summed E-state index contributed by atoms with van der Waals surface area (Å²) in [6.07, 6.45) is 0.344. The Morgan fingerprint density at radius 2 is 2.05 bits per heavy atom. The maximum atomic E-state index is 11.7. The molecule has 7 heteroatoms. The molecule has 1 amide bonds. The van der Waals surface area contributed by atoms with Gasteiger partial charge in [0.1, 0.15) is 6.54 Å². The number of oxazole rings is 1. The topological polar surface area (TPSA) is 102 Å². The van der Waals surface area contributed by atoms with Gasteiger partial charge >= 0.3 is 11.7 Å². The molecule has 0 bridgehead atoms. The highest BCUT2D eigenvalue weighted by molar-refractivity contribution is 5.79. The van der Waals surface area contributed by atoms with Crippen LogP contribution in [0.15, 0.2) is 33.5 Å². The van der Waals surface area contributed by atoms with Crippen LogP contribution in [-0.4, -0.2) is 28.1 Å². The summed E-state index contributed by atoms with van der Waals surface area (Å²) in [5.74, 6) is -1.85. The molecule has 0 aliphatic carbocycles. The first-order valence-corrected chi connectivity index (χ1v) is 6.15. The number of benzene rings is 1. The van der Waals surface area contributed by atoms with Gasteiger partial charge in [0, 0.05) is 13.0 Å². The van der Waals surface area contributed by atoms with Gasteiger partial charge < -0.3 is 14.8 Å². The normalized spacial score (nSPS) is 10.6. The summed E-state index contributed by atoms with van der Waals surface area (Å²) < 4.78 is 6.24. The number of carboxylic acid groups (broad SMARTS) is 1. The molecule has 0 spiro atoms. The highest BCUT2D eigenvalue weighted by atomic mass is 16.4. The van der Waals surface area contributed by atoms with Crippen LogP contribution in [0.1, 0.15) is 12.8 Å². The average molecular weight is 278 g/mol. The number of fused-ring (bicyclic) bond motifs is 1. The number of nitrogens with one attached hydrogen (secondary N) is 1. The number of carboxylic acids is 1. The van der Waals surface area contributed by atoms with Crippen LogP contribution in [-0.2, 0) is 16.1 Å². The first kappa shape index (κ1) is 13.9. The van der Waals surface area contributed by atoms with E-state index in [4.69, 9.17) is 9.52 Å². The number of para-hydroxylation sites is 2. The third-order valence-corrected chi connectivity index (χ3v) is 2.77. The van der Waals surface area contributed by atoms with E-state index >= 15 is 0 Å². The monoisotopic (exact) mass is 278 g/mol. The largest absolute Gasteiger partial charge is 0.481 e. The standard InChI is InChI=1S/C13H14N2O5/c16-11(14-7-3-6-12(17)18)8-15-9-4-1-2-5-10(9)20-13(15)19/h1-2,4-5H,3,6-8H2,(H,14,16)(H,17,18). The van der Waals surface area contributed by atoms with Crippen LogP contribution in [0.4, 0.5) is 0 Å². The average Bonchev–Trinajstić information content (AvgIpc) is 2.71. The Hall–Kier alpha value is -2.57. The zero-order valence-corrected chi connectivity index (χ0v) is 10.7. The van der Waals surface area contributed by atoms with E-state index in [-0.39, 0.29) is 25.4 Å². The minimum atomic E-state index is -0.906. The SMILES string of the molecule is O=C(O)CCCNC(=O)Cn1c(=O)oc2ccccc21. The van der Waals surface area contributed by atoms with E-state index in [0.717, 1.165) is 0 Å². The first-order valence-electron chi connectivity index (χ1n) is 6.15. The Labute approximate surface area is 113 Å². The van der Waals surface area contributed by atoms with Gasteiger partial charge in [-0.15, -0.1) is 0 Å². The van der Waals surface area contributed by atoms with Crippen molar-refractivity contribution in [3.8, 4) is 0 Å². The van der Waals surface area contributed by atoms with E-state index in [2.05, 4.69) is 5.32 Å². The summed E-state index contributed by atoms with van der Waals surface area (Å²) in [6.45, 7) is 0.110. The Balaban J connectivity index is 1.98. The van der Waals surface area contributed by atoms with Gasteiger partial charge in [0.2, 0.25) is 5.91 Å². The molecule has 1 aromatic carbocycles. The molecule has 0 fully saturated rings. The van der Waals surface area contributed by atoms with Gasteiger partial charge in [-0.3, -0.25) is 14.2 Å². The van der Waals surface area contributed by atoms with Gasteiger partial charge in [0.25, 0.3) is 0 Å². The Kier molecular flexibility index (Phi) is 4.19. The van der Waals surface area contributed by atoms with Gasteiger partial charge in [-0.2, -0.15) is 0 Å². The number of aliphatic carboxylic acids is 1. The zero-order valence-electron chi connectivity index (χ0n) is 10.7. The molecule has 106 valence electrons. The number of rotatable bonds is 6. The van der Waals surface area contributed by atoms with Gasteiger partial charge in [-0.05, 0) is 18.6 Å². The fourth-order valence-electron chi connectivity index (χ4n) is 1.83. The molecule has 0 unspecified atom stereocenters. The van der Waals surface area contributed by atoms with Crippen molar-refractivity contribution in [3.63, 3.8) is 0 Å². The molecule has 1 aromatic heterocycles. The second kappa shape index (κ2) is 6.05. The summed E-state index contributed by atoms with van der Waals surface area (Å²) in [5, 5.41) is 11.0. The van der Waals surface area contributed by atoms with Crippen LogP contribution >= 0.6 is 0 Å². The second-order valence-corrected chi connectivity index (χ2v) is 4.27. The van der Waals surface area contributed by atoms with Crippen molar-refractivity contribution < 1.29 is 19.1 Å². The maximum absolute atomic E-state index is 11.7. The highest BCUT2D eigenvalue weighted by Crippen LogP contribution is 2.11. The smallest absolute Gasteiger partial charge is 0.420 e. The molecule has 0 saturated heterocycles. The number of nitrogens with zero attached hydrogens (tertiary/aromatic N) is 1. The maximum Gasteiger partial charge on any atom is 0.420 e. The van der Waals surface area contributed by atoms with Crippen LogP contribution in [0.3, 0.4) is 0 Å². The Morgan fingerprint density at radius 3 is 2.80 bits per heavy atom. The van der Waals surface area contributed by atoms with Crippen LogP contribution in [0, 0.1) is 0 Å². The van der Waals surface area contributed by atoms with E-state index in [1.807, 2.05) is 0 Å². The Morgan fingerprint density at radius 1 is 1.30 bits per heavy atom. The van der Waals surface area contributed by atoms with Crippen molar-refractivity contribution in [2.75, 3.05) is 6.54 Å². The first-order chi connectivity index (χ1) is 9.58. The lowest BCUT2D eigenvalue weighted by molar-refractivity contribution is -0.137. The third-order valence-electron chi connectivity index (χ3n) is 2.77. The fourth-order valence-corrected chi connectivity index (χ4v) is 1.83. The predicted octanol–water partition coefficient (Wildman–Crippen LogP) is 0.576. The number of hydrogen-bond acceptors (Lipinski definition) is 4. The third kappa shape index (κ3) is 3.25. The van der Waals surface area contributed by atoms with E-state index in [1.165, 1.54) is 4.57 Å². The quantitative estimate of drug-likeness (QED) is 0.752. The van der Waals surface area contributed by atoms with Crippen LogP contribution in [0.2, 0.25) is 0 Å². The summed E-state index contributed by atoms with van der Waals surface area (Å²) in [7, 11) is 0. The van der Waals surface area contributed by atoms with Crippen molar-refractivity contribution in [2.45, 2.75) is 19.4 Å². The van der Waals surface area contributed by atoms with Crippen LogP contribution in [0.5, 0.6) is 0 Å². The summed E-state index contributed by atoms with van der Waals surface area (Å²) in [4.78, 5) is 33.6. The number of hydrogen-bond donors (Lipinski definition) is 2. The van der Waals surface area contributed by atoms with Crippen LogP contribution in [0.25, 0.3) is 11.1 Å². The lowest BCUT2D eigenvalue weighted by atomic mass is 10.3. The fraction of sp³-hybridized carbons (Fsp3) is 0.308. The molecule has 2 rings (SSSR count). The van der Waals surface area contributed by atoms with E-state index in [1.54, 1.807) is 24.3 Å². The minimum absolute atomic E-state index is 0.00509. The summed E-state index contributed by atoms with van der Waals surface area (Å²) in [6, 6.07) is 6.83. The molecule has 0 aliphatic heterocycles. The molecular weight excluding hydrogens is 264 g/mol. The van der Waals surface area contributed by atoms with E-state index in [0.29, 0.717) is 17.5 Å². The van der Waals surface area contributed by atoms with Crippen molar-refractivity contribution in [2.24, 2.45) is 0 Å². The molecule has 2 aromatic rings. The number of carbonyl (C=O) groups is 2. The van der Waals surface area contributed by atoms with Gasteiger partial charge in [-0.1, -0.05) is 12.1 Å². The number of carbonyl (C=O) groups excluding carboxylic acids is 1. The van der Waals surface area contributed by atoms with Crippen molar-refractivity contribution in [1.82, 2.24) is 9.88 Å². The van der Waals surface area contributed by atoms with Gasteiger partial charge in [0.15, 0.2) is 5.58 Å². The lowest BCUT2D eigenvalue weighted by Crippen LogP contribution is -2.31. The molecule has 1 heterocycles. The minimum Gasteiger partial charge on any atom is -0.481 e. The molecule has 0 atom stereocenters. The molecule has 7 nitrogen and oxygen atoms in total. The molecule has 0 aliphatic rings.